The molecule has 276 valence electrons. The number of allylic oxidation sites excluding steroid dienone is 4. The molecule has 7 aromatic rings. The van der Waals surface area contributed by atoms with Crippen LogP contribution in [-0.4, -0.2) is 3.21 Å². The van der Waals surface area contributed by atoms with Gasteiger partial charge in [-0.3, -0.25) is 6.08 Å². The van der Waals surface area contributed by atoms with Gasteiger partial charge >= 0.3 is 166 Å². The topological polar surface area (TPSA) is 0 Å². The van der Waals surface area contributed by atoms with Gasteiger partial charge in [0.2, 0.25) is 0 Å². The zero-order chi connectivity index (χ0) is 37.4. The number of aryl methyl sites for hydroxylation is 2. The van der Waals surface area contributed by atoms with E-state index in [1.165, 1.54) is 93.1 Å². The molecule has 8 rings (SSSR count). The van der Waals surface area contributed by atoms with Crippen LogP contribution in [0, 0.1) is 19.9 Å². The molecule has 1 aliphatic carbocycles. The number of fused-ring (bicyclic) bond motifs is 5. The average molecular weight is 868 g/mol. The minimum Gasteiger partial charge on any atom is -1.00 e. The molecule has 7 aromatic carbocycles. The van der Waals surface area contributed by atoms with E-state index in [0.717, 1.165) is 27.2 Å². The number of hydrogen-bond donors (Lipinski definition) is 0. The van der Waals surface area contributed by atoms with Crippen LogP contribution < -0.4 is 24.8 Å². The monoisotopic (exact) mass is 864 g/mol. The molecule has 0 aliphatic heterocycles. The number of halogens is 4. The molecule has 0 spiro atoms. The fourth-order valence-corrected chi connectivity index (χ4v) is 8.92. The minimum atomic E-state index is 0. The quantitative estimate of drug-likeness (QED) is 0.153. The van der Waals surface area contributed by atoms with E-state index < -0.39 is 0 Å². The third kappa shape index (κ3) is 9.37. The van der Waals surface area contributed by atoms with E-state index in [1.807, 2.05) is 36.4 Å². The van der Waals surface area contributed by atoms with Gasteiger partial charge in [-0.15, -0.1) is 46.2 Å². The van der Waals surface area contributed by atoms with Crippen LogP contribution >= 0.6 is 23.2 Å². The SMILES string of the molecule is Cc1cc2[cH-]c3cc(C)c(C(C)(C)C)cc3c2cc1C(C)(C)C.Clc1ccc([C](=[Zr+2])c2ccc(Cl)c3ccccc23)c2ccccc12.[C-]1=CC=CC1.[Cl-].[Cl-]. The second kappa shape index (κ2) is 17.9. The molecule has 0 heterocycles. The Balaban J connectivity index is 0.000000206. The first kappa shape index (κ1) is 43.8. The predicted molar refractivity (Wildman–Crippen MR) is 227 cm³/mol. The van der Waals surface area contributed by atoms with Crippen LogP contribution in [0.5, 0.6) is 0 Å². The van der Waals surface area contributed by atoms with Crippen LogP contribution in [-0.2, 0) is 35.1 Å². The normalized spacial score (nSPS) is 12.2. The van der Waals surface area contributed by atoms with Crippen molar-refractivity contribution in [2.24, 2.45) is 0 Å². The summed E-state index contributed by atoms with van der Waals surface area (Å²) in [5.74, 6) is 0. The van der Waals surface area contributed by atoms with Gasteiger partial charge in [0, 0.05) is 0 Å². The molecule has 0 atom stereocenters. The maximum absolute atomic E-state index is 6.38. The van der Waals surface area contributed by atoms with Crippen LogP contribution in [0.25, 0.3) is 43.1 Å². The zero-order valence-electron chi connectivity index (χ0n) is 32.3. The van der Waals surface area contributed by atoms with Crippen molar-refractivity contribution in [2.75, 3.05) is 0 Å². The smallest absolute Gasteiger partial charge is 0.109 e. The van der Waals surface area contributed by atoms with Gasteiger partial charge < -0.3 is 24.8 Å². The summed E-state index contributed by atoms with van der Waals surface area (Å²) < 4.78 is 1.31. The van der Waals surface area contributed by atoms with Gasteiger partial charge in [-0.1, -0.05) is 75.9 Å². The van der Waals surface area contributed by atoms with Crippen LogP contribution in [0.3, 0.4) is 0 Å². The number of hydrogen-bond acceptors (Lipinski definition) is 0. The summed E-state index contributed by atoms with van der Waals surface area (Å²) in [5.41, 5.74) is 8.53. The van der Waals surface area contributed by atoms with Crippen molar-refractivity contribution < 1.29 is 49.0 Å². The Morgan fingerprint density at radius 3 is 1.33 bits per heavy atom. The van der Waals surface area contributed by atoms with E-state index in [-0.39, 0.29) is 35.6 Å². The maximum Gasteiger partial charge on any atom is -0.109 e. The standard InChI is InChI=1S/C23H29.C21H12Cl2.C5H5.2ClH.Zr/c1-14-9-16-11-17-10-15(2)21(23(6,7)8)13-19(17)18(16)12-20(14)22(3,4)5;22-20-11-9-14(16-5-1-3-7-18(16)20)13-15-10-12-21(23)19-8-4-2-6-17(15)19;1-2-4-5-3-1;;;/h9-13H,1-8H3;1-12H;1-3H,4H2;2*1H;/q-1;;-1;;;+2/p-2. The zero-order valence-corrected chi connectivity index (χ0v) is 37.7. The molecule has 54 heavy (non-hydrogen) atoms. The molecular formula is C49H46Cl4Zr-2. The Morgan fingerprint density at radius 2 is 1.00 bits per heavy atom. The first-order valence-electron chi connectivity index (χ1n) is 18.0. The van der Waals surface area contributed by atoms with Crippen molar-refractivity contribution in [3.05, 3.63) is 171 Å². The van der Waals surface area contributed by atoms with E-state index in [2.05, 4.69) is 146 Å². The Labute approximate surface area is 359 Å². The van der Waals surface area contributed by atoms with E-state index in [4.69, 9.17) is 23.2 Å². The van der Waals surface area contributed by atoms with Crippen molar-refractivity contribution >= 4 is 69.5 Å². The number of benzene rings is 6. The van der Waals surface area contributed by atoms with Gasteiger partial charge in [-0.2, -0.15) is 6.08 Å². The Hall–Kier alpha value is -2.90. The molecule has 0 unspecified atom stereocenters. The second-order valence-electron chi connectivity index (χ2n) is 15.8. The minimum absolute atomic E-state index is 0. The molecule has 0 N–H and O–H groups in total. The summed E-state index contributed by atoms with van der Waals surface area (Å²) >= 11 is 14.1. The predicted octanol–water partition coefficient (Wildman–Crippen LogP) is 8.65. The summed E-state index contributed by atoms with van der Waals surface area (Å²) in [6.45, 7) is 18.3. The Kier molecular flexibility index (Phi) is 14.5. The van der Waals surface area contributed by atoms with Crippen molar-refractivity contribution in [2.45, 2.75) is 72.6 Å². The molecule has 0 bridgehead atoms. The third-order valence-corrected chi connectivity index (χ3v) is 11.9. The van der Waals surface area contributed by atoms with E-state index in [0.29, 0.717) is 0 Å². The summed E-state index contributed by atoms with van der Waals surface area (Å²) in [7, 11) is 0. The molecule has 5 heteroatoms. The summed E-state index contributed by atoms with van der Waals surface area (Å²) in [4.78, 5) is 0. The summed E-state index contributed by atoms with van der Waals surface area (Å²) in [6, 6.07) is 36.7. The van der Waals surface area contributed by atoms with Crippen LogP contribution in [0.2, 0.25) is 10.0 Å². The van der Waals surface area contributed by atoms with Crippen molar-refractivity contribution in [1.29, 1.82) is 0 Å². The van der Waals surface area contributed by atoms with Crippen LogP contribution in [0.4, 0.5) is 0 Å². The van der Waals surface area contributed by atoms with Crippen LogP contribution in [0.15, 0.2) is 121 Å². The average Bonchev–Trinajstić information content (AvgIpc) is 3.79. The van der Waals surface area contributed by atoms with Crippen molar-refractivity contribution in [3.63, 3.8) is 0 Å². The second-order valence-corrected chi connectivity index (χ2v) is 17.9. The molecule has 0 saturated carbocycles. The first-order chi connectivity index (χ1) is 24.6. The molecule has 0 radical (unpaired) electrons. The van der Waals surface area contributed by atoms with Gasteiger partial charge in [-0.25, -0.2) is 12.2 Å². The molecular weight excluding hydrogens is 822 g/mol. The fraction of sp³-hybridized carbons (Fsp3) is 0.224. The third-order valence-electron chi connectivity index (χ3n) is 9.88. The Bertz CT molecular complexity index is 2350. The largest absolute Gasteiger partial charge is 1.00 e. The molecule has 1 aliphatic rings. The van der Waals surface area contributed by atoms with E-state index in [1.54, 1.807) is 0 Å². The Morgan fingerprint density at radius 1 is 0.593 bits per heavy atom. The molecule has 0 aromatic heterocycles. The van der Waals surface area contributed by atoms with Gasteiger partial charge in [0.25, 0.3) is 0 Å². The van der Waals surface area contributed by atoms with Gasteiger partial charge in [0.05, 0.1) is 0 Å². The van der Waals surface area contributed by atoms with Gasteiger partial charge in [0.1, 0.15) is 0 Å². The van der Waals surface area contributed by atoms with Gasteiger partial charge in [-0.05, 0) is 24.7 Å². The molecule has 0 fully saturated rings. The van der Waals surface area contributed by atoms with Crippen molar-refractivity contribution in [1.82, 2.24) is 0 Å². The molecule has 0 amide bonds. The number of rotatable bonds is 2. The van der Waals surface area contributed by atoms with E-state index >= 15 is 0 Å². The molecule has 0 saturated heterocycles. The molecule has 0 nitrogen and oxygen atoms in total. The summed E-state index contributed by atoms with van der Waals surface area (Å²) in [6.07, 6.45) is 10.0. The van der Waals surface area contributed by atoms with Crippen molar-refractivity contribution in [3.8, 4) is 0 Å². The van der Waals surface area contributed by atoms with Crippen LogP contribution in [0.1, 0.15) is 81.3 Å². The van der Waals surface area contributed by atoms with E-state index in [9.17, 15) is 0 Å². The maximum atomic E-state index is 6.38. The summed E-state index contributed by atoms with van der Waals surface area (Å²) in [5, 5.41) is 11.7. The fourth-order valence-electron chi connectivity index (χ4n) is 7.40. The first-order valence-corrected chi connectivity index (χ1v) is 19.9. The van der Waals surface area contributed by atoms with Gasteiger partial charge in [0.15, 0.2) is 0 Å².